The minimum Gasteiger partial charge on any atom is -0.372 e. The predicted molar refractivity (Wildman–Crippen MR) is 65.9 cm³/mol. The van der Waals surface area contributed by atoms with Crippen LogP contribution in [0.25, 0.3) is 11.4 Å². The number of nitrogens with zero attached hydrogens (tertiary/aromatic N) is 3. The number of anilines is 1. The summed E-state index contributed by atoms with van der Waals surface area (Å²) in [4.78, 5) is 6.62. The third-order valence-corrected chi connectivity index (χ3v) is 3.12. The molecule has 0 N–H and O–H groups in total. The van der Waals surface area contributed by atoms with Crippen molar-refractivity contribution in [2.75, 3.05) is 18.0 Å². The molecule has 1 aliphatic rings. The molecule has 0 amide bonds. The number of benzene rings is 1. The molecule has 88 valence electrons. The molecule has 0 atom stereocenters. The van der Waals surface area contributed by atoms with Crippen LogP contribution < -0.4 is 4.90 Å². The highest BCUT2D eigenvalue weighted by molar-refractivity contribution is 5.60. The second-order valence-electron chi connectivity index (χ2n) is 4.38. The highest BCUT2D eigenvalue weighted by atomic mass is 16.5. The third-order valence-electron chi connectivity index (χ3n) is 3.12. The summed E-state index contributed by atoms with van der Waals surface area (Å²) in [5.74, 6) is 1.26. The van der Waals surface area contributed by atoms with Gasteiger partial charge >= 0.3 is 0 Å². The van der Waals surface area contributed by atoms with Gasteiger partial charge in [-0.15, -0.1) is 0 Å². The maximum Gasteiger partial charge on any atom is 0.223 e. The summed E-state index contributed by atoms with van der Waals surface area (Å²) in [5.41, 5.74) is 2.29. The van der Waals surface area contributed by atoms with E-state index in [1.165, 1.54) is 31.6 Å². The molecule has 2 heterocycles. The molecule has 0 radical (unpaired) electrons. The monoisotopic (exact) mass is 229 g/mol. The maximum absolute atomic E-state index is 4.98. The smallest absolute Gasteiger partial charge is 0.223 e. The van der Waals surface area contributed by atoms with Gasteiger partial charge in [0.25, 0.3) is 0 Å². The molecule has 0 bridgehead atoms. The van der Waals surface area contributed by atoms with Crippen molar-refractivity contribution in [2.24, 2.45) is 0 Å². The lowest BCUT2D eigenvalue weighted by Crippen LogP contribution is -2.17. The molecule has 17 heavy (non-hydrogen) atoms. The van der Waals surface area contributed by atoms with Crippen LogP contribution in [0.2, 0.25) is 0 Å². The van der Waals surface area contributed by atoms with Gasteiger partial charge in [0.15, 0.2) is 0 Å². The number of aromatic nitrogens is 2. The van der Waals surface area contributed by atoms with Crippen LogP contribution in [0.15, 0.2) is 28.8 Å². The normalized spacial score (nSPS) is 15.5. The van der Waals surface area contributed by atoms with Gasteiger partial charge in [0.2, 0.25) is 11.7 Å². The first-order valence-corrected chi connectivity index (χ1v) is 5.98. The van der Waals surface area contributed by atoms with E-state index in [9.17, 15) is 0 Å². The van der Waals surface area contributed by atoms with E-state index in [1.54, 1.807) is 6.92 Å². The number of rotatable bonds is 2. The van der Waals surface area contributed by atoms with E-state index in [-0.39, 0.29) is 0 Å². The zero-order valence-electron chi connectivity index (χ0n) is 9.89. The van der Waals surface area contributed by atoms with Crippen LogP contribution in [-0.2, 0) is 0 Å². The Labute approximate surface area is 100 Å². The van der Waals surface area contributed by atoms with Gasteiger partial charge in [0.05, 0.1) is 0 Å². The summed E-state index contributed by atoms with van der Waals surface area (Å²) in [6, 6.07) is 8.37. The summed E-state index contributed by atoms with van der Waals surface area (Å²) in [6.07, 6.45) is 2.59. The lowest BCUT2D eigenvalue weighted by atomic mass is 10.2. The average Bonchev–Trinajstić information content (AvgIpc) is 3.00. The molecular weight excluding hydrogens is 214 g/mol. The summed E-state index contributed by atoms with van der Waals surface area (Å²) < 4.78 is 4.98. The SMILES string of the molecule is Cc1nc(-c2ccc(N3CCCC3)cc2)no1. The van der Waals surface area contributed by atoms with E-state index >= 15 is 0 Å². The molecule has 3 rings (SSSR count). The fourth-order valence-corrected chi connectivity index (χ4v) is 2.21. The van der Waals surface area contributed by atoms with Crippen molar-refractivity contribution in [3.63, 3.8) is 0 Å². The molecule has 0 spiro atoms. The van der Waals surface area contributed by atoms with Crippen LogP contribution in [0.3, 0.4) is 0 Å². The molecule has 1 aliphatic heterocycles. The van der Waals surface area contributed by atoms with Gasteiger partial charge in [0, 0.05) is 31.3 Å². The standard InChI is InChI=1S/C13H15N3O/c1-10-14-13(15-17-10)11-4-6-12(7-5-11)16-8-2-3-9-16/h4-7H,2-3,8-9H2,1H3. The second-order valence-corrected chi connectivity index (χ2v) is 4.38. The first kappa shape index (κ1) is 10.3. The number of hydrogen-bond acceptors (Lipinski definition) is 4. The Bertz CT molecular complexity index is 498. The fourth-order valence-electron chi connectivity index (χ4n) is 2.21. The van der Waals surface area contributed by atoms with Crippen molar-refractivity contribution >= 4 is 5.69 Å². The van der Waals surface area contributed by atoms with E-state index in [0.29, 0.717) is 11.7 Å². The van der Waals surface area contributed by atoms with Crippen molar-refractivity contribution in [3.8, 4) is 11.4 Å². The van der Waals surface area contributed by atoms with Crippen molar-refractivity contribution < 1.29 is 4.52 Å². The molecule has 2 aromatic rings. The van der Waals surface area contributed by atoms with Crippen molar-refractivity contribution in [1.29, 1.82) is 0 Å². The van der Waals surface area contributed by atoms with Crippen LogP contribution in [0.1, 0.15) is 18.7 Å². The summed E-state index contributed by atoms with van der Waals surface area (Å²) in [7, 11) is 0. The van der Waals surface area contributed by atoms with Crippen molar-refractivity contribution in [1.82, 2.24) is 10.1 Å². The Morgan fingerprint density at radius 2 is 1.82 bits per heavy atom. The Hall–Kier alpha value is -1.84. The molecular formula is C13H15N3O. The topological polar surface area (TPSA) is 42.2 Å². The van der Waals surface area contributed by atoms with Crippen LogP contribution in [0.4, 0.5) is 5.69 Å². The first-order chi connectivity index (χ1) is 8.33. The molecule has 1 saturated heterocycles. The molecule has 4 heteroatoms. The zero-order valence-corrected chi connectivity index (χ0v) is 9.89. The van der Waals surface area contributed by atoms with Gasteiger partial charge < -0.3 is 9.42 Å². The molecule has 1 aromatic carbocycles. The maximum atomic E-state index is 4.98. The van der Waals surface area contributed by atoms with Gasteiger partial charge in [-0.2, -0.15) is 4.98 Å². The van der Waals surface area contributed by atoms with Crippen LogP contribution in [-0.4, -0.2) is 23.2 Å². The second kappa shape index (κ2) is 4.20. The van der Waals surface area contributed by atoms with Gasteiger partial charge in [-0.1, -0.05) is 5.16 Å². The Balaban J connectivity index is 1.84. The number of hydrogen-bond donors (Lipinski definition) is 0. The third kappa shape index (κ3) is 2.02. The summed E-state index contributed by atoms with van der Waals surface area (Å²) >= 11 is 0. The summed E-state index contributed by atoms with van der Waals surface area (Å²) in [6.45, 7) is 4.14. The van der Waals surface area contributed by atoms with Crippen LogP contribution >= 0.6 is 0 Å². The highest BCUT2D eigenvalue weighted by Gasteiger charge is 2.12. The molecule has 4 nitrogen and oxygen atoms in total. The Morgan fingerprint density at radius 3 is 2.41 bits per heavy atom. The summed E-state index contributed by atoms with van der Waals surface area (Å²) in [5, 5.41) is 3.91. The molecule has 0 saturated carbocycles. The van der Waals surface area contributed by atoms with E-state index in [0.717, 1.165) is 5.56 Å². The lowest BCUT2D eigenvalue weighted by molar-refractivity contribution is 0.394. The molecule has 0 aliphatic carbocycles. The van der Waals surface area contributed by atoms with E-state index in [1.807, 2.05) is 0 Å². The fraction of sp³-hybridized carbons (Fsp3) is 0.385. The predicted octanol–water partition coefficient (Wildman–Crippen LogP) is 2.65. The Kier molecular flexibility index (Phi) is 2.55. The van der Waals surface area contributed by atoms with Gasteiger partial charge in [-0.3, -0.25) is 0 Å². The van der Waals surface area contributed by atoms with E-state index in [2.05, 4.69) is 39.3 Å². The molecule has 0 unspecified atom stereocenters. The highest BCUT2D eigenvalue weighted by Crippen LogP contribution is 2.23. The molecule has 1 fully saturated rings. The quantitative estimate of drug-likeness (QED) is 0.794. The Morgan fingerprint density at radius 1 is 1.12 bits per heavy atom. The van der Waals surface area contributed by atoms with E-state index < -0.39 is 0 Å². The minimum atomic E-state index is 0.601. The largest absolute Gasteiger partial charge is 0.372 e. The van der Waals surface area contributed by atoms with Crippen molar-refractivity contribution in [3.05, 3.63) is 30.2 Å². The molecule has 1 aromatic heterocycles. The number of aryl methyl sites for hydroxylation is 1. The first-order valence-electron chi connectivity index (χ1n) is 5.98. The van der Waals surface area contributed by atoms with Gasteiger partial charge in [-0.25, -0.2) is 0 Å². The van der Waals surface area contributed by atoms with Crippen molar-refractivity contribution in [2.45, 2.75) is 19.8 Å². The van der Waals surface area contributed by atoms with E-state index in [4.69, 9.17) is 4.52 Å². The van der Waals surface area contributed by atoms with Gasteiger partial charge in [-0.05, 0) is 37.1 Å². The van der Waals surface area contributed by atoms with Crippen LogP contribution in [0, 0.1) is 6.92 Å². The van der Waals surface area contributed by atoms with Gasteiger partial charge in [0.1, 0.15) is 0 Å². The average molecular weight is 229 g/mol. The zero-order chi connectivity index (χ0) is 11.7. The van der Waals surface area contributed by atoms with Crippen LogP contribution in [0.5, 0.6) is 0 Å². The lowest BCUT2D eigenvalue weighted by Gasteiger charge is -2.17. The minimum absolute atomic E-state index is 0.601.